The van der Waals surface area contributed by atoms with Crippen molar-refractivity contribution in [1.82, 2.24) is 4.90 Å². The number of halogens is 1. The summed E-state index contributed by atoms with van der Waals surface area (Å²) in [6, 6.07) is 8.01. The molecule has 0 saturated carbocycles. The van der Waals surface area contributed by atoms with Gasteiger partial charge in [-0.3, -0.25) is 4.79 Å². The Morgan fingerprint density at radius 2 is 2.00 bits per heavy atom. The van der Waals surface area contributed by atoms with Gasteiger partial charge >= 0.3 is 0 Å². The molecule has 0 aliphatic carbocycles. The van der Waals surface area contributed by atoms with Gasteiger partial charge in [0.05, 0.1) is 12.0 Å². The fraction of sp³-hybridized carbons (Fsp3) is 0.611. The lowest BCUT2D eigenvalue weighted by Crippen LogP contribution is -2.51. The number of benzene rings is 1. The van der Waals surface area contributed by atoms with Crippen LogP contribution >= 0.6 is 11.6 Å². The molecule has 23 heavy (non-hydrogen) atoms. The highest BCUT2D eigenvalue weighted by Crippen LogP contribution is 2.35. The smallest absolute Gasteiger partial charge is 0.231 e. The monoisotopic (exact) mass is 337 g/mol. The Labute approximate surface area is 142 Å². The molecule has 5 heteroatoms. The van der Waals surface area contributed by atoms with Crippen molar-refractivity contribution >= 4 is 17.5 Å². The minimum absolute atomic E-state index is 0.0799. The van der Waals surface area contributed by atoms with Gasteiger partial charge < -0.3 is 14.7 Å². The van der Waals surface area contributed by atoms with Crippen LogP contribution in [0.3, 0.4) is 0 Å². The predicted octanol–water partition coefficient (Wildman–Crippen LogP) is 2.84. The molecule has 1 aromatic rings. The molecule has 2 aliphatic rings. The van der Waals surface area contributed by atoms with E-state index in [9.17, 15) is 9.90 Å². The van der Waals surface area contributed by atoms with Crippen LogP contribution in [0.1, 0.15) is 37.2 Å². The minimum atomic E-state index is -0.624. The van der Waals surface area contributed by atoms with Crippen molar-refractivity contribution < 1.29 is 14.6 Å². The van der Waals surface area contributed by atoms with Crippen LogP contribution in [0.5, 0.6) is 0 Å². The van der Waals surface area contributed by atoms with Gasteiger partial charge in [-0.05, 0) is 49.3 Å². The van der Waals surface area contributed by atoms with E-state index < -0.39 is 5.41 Å². The fourth-order valence-electron chi connectivity index (χ4n) is 3.71. The molecule has 0 bridgehead atoms. The molecule has 4 nitrogen and oxygen atoms in total. The number of ether oxygens (including phenoxy) is 1. The highest BCUT2D eigenvalue weighted by atomic mass is 35.5. The van der Waals surface area contributed by atoms with E-state index in [-0.39, 0.29) is 12.5 Å². The number of aliphatic hydroxyl groups is 1. The summed E-state index contributed by atoms with van der Waals surface area (Å²) >= 11 is 6.08. The molecule has 2 heterocycles. The number of carbonyl (C=O) groups is 1. The normalized spacial score (nSPS) is 22.1. The maximum absolute atomic E-state index is 12.9. The van der Waals surface area contributed by atoms with Crippen LogP contribution < -0.4 is 0 Å². The second kappa shape index (κ2) is 7.20. The second-order valence-corrected chi connectivity index (χ2v) is 7.11. The Hall–Kier alpha value is -1.10. The van der Waals surface area contributed by atoms with Crippen molar-refractivity contribution in [2.24, 2.45) is 5.41 Å². The highest BCUT2D eigenvalue weighted by Gasteiger charge is 2.42. The molecule has 0 radical (unpaired) electrons. The summed E-state index contributed by atoms with van der Waals surface area (Å²) in [5.74, 6) is 0.561. The van der Waals surface area contributed by atoms with Gasteiger partial charge in [0.15, 0.2) is 0 Å². The lowest BCUT2D eigenvalue weighted by atomic mass is 9.78. The van der Waals surface area contributed by atoms with E-state index in [1.165, 1.54) is 5.56 Å². The van der Waals surface area contributed by atoms with Crippen LogP contribution in [-0.2, 0) is 9.53 Å². The molecule has 2 fully saturated rings. The van der Waals surface area contributed by atoms with Crippen molar-refractivity contribution in [2.45, 2.75) is 31.6 Å². The van der Waals surface area contributed by atoms with Crippen molar-refractivity contribution in [3.8, 4) is 0 Å². The van der Waals surface area contributed by atoms with E-state index in [1.54, 1.807) is 0 Å². The number of hydrogen-bond acceptors (Lipinski definition) is 3. The molecule has 126 valence electrons. The standard InChI is InChI=1S/C18H24ClNO3/c19-16-3-1-2-15(12-16)14-4-8-20(9-5-14)17(22)18(13-21)6-10-23-11-7-18/h1-3,12,14,21H,4-11,13H2. The van der Waals surface area contributed by atoms with Gasteiger partial charge in [0.1, 0.15) is 0 Å². The third-order valence-corrected chi connectivity index (χ3v) is 5.54. The van der Waals surface area contributed by atoms with Crippen LogP contribution in [0.4, 0.5) is 0 Å². The summed E-state index contributed by atoms with van der Waals surface area (Å²) in [6.07, 6.45) is 3.14. The van der Waals surface area contributed by atoms with Gasteiger partial charge in [-0.25, -0.2) is 0 Å². The third-order valence-electron chi connectivity index (χ3n) is 5.31. The Balaban J connectivity index is 1.63. The Kier molecular flexibility index (Phi) is 5.24. The van der Waals surface area contributed by atoms with E-state index in [0.29, 0.717) is 32.0 Å². The average molecular weight is 338 g/mol. The number of hydrogen-bond donors (Lipinski definition) is 1. The van der Waals surface area contributed by atoms with Gasteiger partial charge in [0.25, 0.3) is 0 Å². The second-order valence-electron chi connectivity index (χ2n) is 6.67. The van der Waals surface area contributed by atoms with Crippen molar-refractivity contribution in [3.05, 3.63) is 34.9 Å². The number of amides is 1. The van der Waals surface area contributed by atoms with Crippen molar-refractivity contribution in [3.63, 3.8) is 0 Å². The Bertz CT molecular complexity index is 549. The molecule has 0 atom stereocenters. The maximum Gasteiger partial charge on any atom is 0.231 e. The van der Waals surface area contributed by atoms with Gasteiger partial charge in [0, 0.05) is 31.3 Å². The Morgan fingerprint density at radius 3 is 2.61 bits per heavy atom. The molecule has 0 unspecified atom stereocenters. The summed E-state index contributed by atoms with van der Waals surface area (Å²) in [7, 11) is 0. The van der Waals surface area contributed by atoms with Gasteiger partial charge in [-0.15, -0.1) is 0 Å². The predicted molar refractivity (Wildman–Crippen MR) is 89.6 cm³/mol. The first-order valence-electron chi connectivity index (χ1n) is 8.38. The van der Waals surface area contributed by atoms with Crippen LogP contribution in [0.2, 0.25) is 5.02 Å². The quantitative estimate of drug-likeness (QED) is 0.922. The van der Waals surface area contributed by atoms with E-state index in [2.05, 4.69) is 6.07 Å². The van der Waals surface area contributed by atoms with Gasteiger partial charge in [-0.2, -0.15) is 0 Å². The largest absolute Gasteiger partial charge is 0.395 e. The molecular weight excluding hydrogens is 314 g/mol. The first kappa shape index (κ1) is 16.7. The minimum Gasteiger partial charge on any atom is -0.395 e. The van der Waals surface area contributed by atoms with Gasteiger partial charge in [-0.1, -0.05) is 23.7 Å². The summed E-state index contributed by atoms with van der Waals surface area (Å²) < 4.78 is 5.36. The van der Waals surface area contributed by atoms with Crippen LogP contribution in [0, 0.1) is 5.41 Å². The molecule has 1 N–H and O–H groups in total. The van der Waals surface area contributed by atoms with Crippen LogP contribution in [0.25, 0.3) is 0 Å². The first-order valence-corrected chi connectivity index (χ1v) is 8.76. The molecule has 3 rings (SSSR count). The molecule has 2 saturated heterocycles. The Morgan fingerprint density at radius 1 is 1.30 bits per heavy atom. The maximum atomic E-state index is 12.9. The zero-order chi connectivity index (χ0) is 16.3. The van der Waals surface area contributed by atoms with Crippen LogP contribution in [0.15, 0.2) is 24.3 Å². The van der Waals surface area contributed by atoms with Crippen LogP contribution in [-0.4, -0.2) is 48.8 Å². The SMILES string of the molecule is O=C(N1CCC(c2cccc(Cl)c2)CC1)C1(CO)CCOCC1. The van der Waals surface area contributed by atoms with Crippen molar-refractivity contribution in [2.75, 3.05) is 32.9 Å². The van der Waals surface area contributed by atoms with E-state index in [1.807, 2.05) is 23.1 Å². The number of nitrogens with zero attached hydrogens (tertiary/aromatic N) is 1. The average Bonchev–Trinajstić information content (AvgIpc) is 2.62. The lowest BCUT2D eigenvalue weighted by molar-refractivity contribution is -0.152. The summed E-state index contributed by atoms with van der Waals surface area (Å²) in [6.45, 7) is 2.54. The fourth-order valence-corrected chi connectivity index (χ4v) is 3.91. The van der Waals surface area contributed by atoms with E-state index in [0.717, 1.165) is 31.0 Å². The molecule has 1 aromatic carbocycles. The van der Waals surface area contributed by atoms with E-state index in [4.69, 9.17) is 16.3 Å². The first-order chi connectivity index (χ1) is 11.1. The molecule has 0 spiro atoms. The molecule has 2 aliphatic heterocycles. The summed E-state index contributed by atoms with van der Waals surface area (Å²) in [5.41, 5.74) is 0.633. The highest BCUT2D eigenvalue weighted by molar-refractivity contribution is 6.30. The lowest BCUT2D eigenvalue weighted by Gasteiger charge is -2.41. The third kappa shape index (κ3) is 3.54. The molecule has 1 amide bonds. The van der Waals surface area contributed by atoms with Crippen molar-refractivity contribution in [1.29, 1.82) is 0 Å². The number of piperidine rings is 1. The van der Waals surface area contributed by atoms with E-state index >= 15 is 0 Å². The zero-order valence-electron chi connectivity index (χ0n) is 13.3. The topological polar surface area (TPSA) is 49.8 Å². The zero-order valence-corrected chi connectivity index (χ0v) is 14.1. The van der Waals surface area contributed by atoms with Gasteiger partial charge in [0.2, 0.25) is 5.91 Å². The number of rotatable bonds is 3. The number of aliphatic hydroxyl groups excluding tert-OH is 1. The summed E-state index contributed by atoms with van der Waals surface area (Å²) in [5, 5.41) is 10.6. The molecule has 0 aromatic heterocycles. The summed E-state index contributed by atoms with van der Waals surface area (Å²) in [4.78, 5) is 14.8. The molecular formula is C18H24ClNO3. The number of carbonyl (C=O) groups excluding carboxylic acids is 1. The number of likely N-dealkylation sites (tertiary alicyclic amines) is 1.